The molecule has 0 aromatic heterocycles. The third-order valence-electron chi connectivity index (χ3n) is 7.69. The molecule has 5 atom stereocenters. The number of rotatable bonds is 13. The van der Waals surface area contributed by atoms with Gasteiger partial charge in [-0.25, -0.2) is 13.8 Å². The highest BCUT2D eigenvalue weighted by Gasteiger charge is 2.30. The summed E-state index contributed by atoms with van der Waals surface area (Å²) in [5, 5.41) is 6.86. The Balaban J connectivity index is 2.15. The number of aliphatic imine (C=N–C) groups is 1. The van der Waals surface area contributed by atoms with E-state index >= 15 is 0 Å². The van der Waals surface area contributed by atoms with Gasteiger partial charge in [0.25, 0.3) is 5.92 Å². The largest absolute Gasteiger partial charge is 0.381 e. The number of hydrogen-bond donors (Lipinski definition) is 2. The molecule has 0 heterocycles. The van der Waals surface area contributed by atoms with E-state index < -0.39 is 5.92 Å². The zero-order valence-corrected chi connectivity index (χ0v) is 26.7. The first-order valence-electron chi connectivity index (χ1n) is 14.7. The number of allylic oxidation sites excluding steroid dienone is 9. The lowest BCUT2D eigenvalue weighted by molar-refractivity contribution is -0.00510. The number of nitrogens with zero attached hydrogens (tertiary/aromatic N) is 2. The van der Waals surface area contributed by atoms with E-state index in [1.54, 1.807) is 24.6 Å². The fourth-order valence-corrected chi connectivity index (χ4v) is 5.56. The van der Waals surface area contributed by atoms with Gasteiger partial charge >= 0.3 is 0 Å². The van der Waals surface area contributed by atoms with Crippen LogP contribution in [0, 0.1) is 17.8 Å². The Kier molecular flexibility index (Phi) is 13.8. The molecule has 2 aliphatic carbocycles. The van der Waals surface area contributed by atoms with E-state index in [1.807, 2.05) is 31.0 Å². The quantitative estimate of drug-likeness (QED) is 0.0730. The van der Waals surface area contributed by atoms with Crippen molar-refractivity contribution in [3.63, 3.8) is 0 Å². The van der Waals surface area contributed by atoms with Crippen LogP contribution >= 0.6 is 11.6 Å². The number of halogens is 3. The fraction of sp³-hybridized carbons (Fsp3) is 0.457. The zero-order valence-electron chi connectivity index (χ0n) is 26.0. The van der Waals surface area contributed by atoms with Crippen LogP contribution in [0.5, 0.6) is 0 Å². The predicted octanol–water partition coefficient (Wildman–Crippen LogP) is 9.18. The van der Waals surface area contributed by atoms with Crippen LogP contribution in [0.15, 0.2) is 114 Å². The van der Waals surface area contributed by atoms with Gasteiger partial charge in [-0.3, -0.25) is 0 Å². The Morgan fingerprint density at radius 2 is 1.98 bits per heavy atom. The van der Waals surface area contributed by atoms with Crippen molar-refractivity contribution >= 4 is 17.9 Å². The van der Waals surface area contributed by atoms with Crippen LogP contribution in [0.25, 0.3) is 0 Å². The lowest BCUT2D eigenvalue weighted by atomic mass is 9.79. The second-order valence-electron chi connectivity index (χ2n) is 11.4. The first-order valence-corrected chi connectivity index (χ1v) is 15.2. The maximum Gasteiger partial charge on any atom is 0.252 e. The van der Waals surface area contributed by atoms with E-state index in [0.717, 1.165) is 18.5 Å². The van der Waals surface area contributed by atoms with Gasteiger partial charge in [0.15, 0.2) is 0 Å². The fourth-order valence-electron chi connectivity index (χ4n) is 5.27. The summed E-state index contributed by atoms with van der Waals surface area (Å²) >= 11 is 6.42. The van der Waals surface area contributed by atoms with Gasteiger partial charge in [0.1, 0.15) is 0 Å². The molecule has 0 bridgehead atoms. The molecule has 0 fully saturated rings. The van der Waals surface area contributed by atoms with Gasteiger partial charge in [-0.05, 0) is 55.7 Å². The second kappa shape index (κ2) is 16.5. The number of nitrogens with one attached hydrogen (secondary N) is 2. The van der Waals surface area contributed by atoms with Gasteiger partial charge in [-0.2, -0.15) is 0 Å². The van der Waals surface area contributed by atoms with E-state index in [4.69, 9.17) is 11.6 Å². The highest BCUT2D eigenvalue weighted by molar-refractivity contribution is 6.21. The first-order chi connectivity index (χ1) is 19.8. The van der Waals surface area contributed by atoms with Crippen LogP contribution in [0.3, 0.4) is 0 Å². The van der Waals surface area contributed by atoms with Gasteiger partial charge in [-0.15, -0.1) is 11.6 Å². The normalized spacial score (nSPS) is 26.4. The van der Waals surface area contributed by atoms with Crippen molar-refractivity contribution in [1.29, 1.82) is 0 Å². The third kappa shape index (κ3) is 11.3. The van der Waals surface area contributed by atoms with Crippen molar-refractivity contribution in [2.24, 2.45) is 22.7 Å². The summed E-state index contributed by atoms with van der Waals surface area (Å²) in [7, 11) is 1.92. The monoisotopic (exact) mass is 598 g/mol. The van der Waals surface area contributed by atoms with Crippen molar-refractivity contribution in [2.75, 3.05) is 7.05 Å². The van der Waals surface area contributed by atoms with Gasteiger partial charge < -0.3 is 15.5 Å². The predicted molar refractivity (Wildman–Crippen MR) is 177 cm³/mol. The summed E-state index contributed by atoms with van der Waals surface area (Å²) in [6, 6.07) is 0.215. The van der Waals surface area contributed by atoms with E-state index in [-0.39, 0.29) is 36.6 Å². The van der Waals surface area contributed by atoms with Gasteiger partial charge in [0.2, 0.25) is 0 Å². The summed E-state index contributed by atoms with van der Waals surface area (Å²) < 4.78 is 28.1. The maximum absolute atomic E-state index is 14.0. The van der Waals surface area contributed by atoms with Crippen molar-refractivity contribution in [1.82, 2.24) is 15.5 Å². The molecule has 2 aliphatic rings. The molecule has 42 heavy (non-hydrogen) atoms. The lowest BCUT2D eigenvalue weighted by Gasteiger charge is -2.35. The minimum Gasteiger partial charge on any atom is -0.381 e. The molecule has 7 heteroatoms. The first kappa shape index (κ1) is 35.1. The second-order valence-corrected chi connectivity index (χ2v) is 11.9. The Morgan fingerprint density at radius 1 is 1.26 bits per heavy atom. The molecule has 2 N–H and O–H groups in total. The molecule has 0 aromatic rings. The van der Waals surface area contributed by atoms with Crippen molar-refractivity contribution in [3.05, 3.63) is 109 Å². The number of hydrogen-bond acceptors (Lipinski definition) is 3. The minimum absolute atomic E-state index is 0.0480. The molecule has 0 radical (unpaired) electrons. The molecule has 0 saturated carbocycles. The van der Waals surface area contributed by atoms with Crippen molar-refractivity contribution < 1.29 is 8.78 Å². The lowest BCUT2D eigenvalue weighted by Crippen LogP contribution is -2.40. The third-order valence-corrected chi connectivity index (χ3v) is 8.01. The van der Waals surface area contributed by atoms with Gasteiger partial charge in [0, 0.05) is 48.9 Å². The Hall–Kier alpha value is -3.12. The average molecular weight is 599 g/mol. The van der Waals surface area contributed by atoms with E-state index in [1.165, 1.54) is 0 Å². The van der Waals surface area contributed by atoms with Gasteiger partial charge in [0.05, 0.1) is 23.1 Å². The average Bonchev–Trinajstić information content (AvgIpc) is 2.98. The molecule has 4 nitrogen and oxygen atoms in total. The summed E-state index contributed by atoms with van der Waals surface area (Å²) in [6.45, 7) is 24.7. The van der Waals surface area contributed by atoms with E-state index in [2.05, 4.69) is 80.9 Å². The minimum atomic E-state index is -2.76. The highest BCUT2D eigenvalue weighted by Crippen LogP contribution is 2.32. The van der Waals surface area contributed by atoms with Crippen molar-refractivity contribution in [3.8, 4) is 0 Å². The smallest absolute Gasteiger partial charge is 0.252 e. The molecule has 5 unspecified atom stereocenters. The van der Waals surface area contributed by atoms with Crippen LogP contribution in [-0.2, 0) is 0 Å². The van der Waals surface area contributed by atoms with Crippen LogP contribution in [0.4, 0.5) is 8.78 Å². The maximum atomic E-state index is 14.0. The molecule has 230 valence electrons. The van der Waals surface area contributed by atoms with Crippen LogP contribution in [0.2, 0.25) is 0 Å². The Bertz CT molecular complexity index is 1170. The SMILES string of the molecule is C=C1/C=C\C(NC(=C)/C=C(\C(C)/C=C/C)N(C)/C=N\C(=C)C(=C)NC(CC)C2CC(Cl)C=CC2C)=C/CCC(F)(F)C1. The van der Waals surface area contributed by atoms with E-state index in [9.17, 15) is 8.78 Å². The molecule has 0 amide bonds. The topological polar surface area (TPSA) is 39.7 Å². The Labute approximate surface area is 257 Å². The van der Waals surface area contributed by atoms with Gasteiger partial charge in [-0.1, -0.05) is 83.5 Å². The number of alkyl halides is 3. The summed E-state index contributed by atoms with van der Waals surface area (Å²) in [5.74, 6) is -1.89. The molecule has 0 saturated heterocycles. The molecule has 2 rings (SSSR count). The molecule has 0 spiro atoms. The Morgan fingerprint density at radius 3 is 2.64 bits per heavy atom. The summed E-state index contributed by atoms with van der Waals surface area (Å²) in [5.41, 5.74) is 3.89. The standard InChI is InChI=1S/C35H49ClF2N4/c1-10-13-26(5)34(20-27(6)40-31-14-12-19-35(37,38)22-24(3)15-18-31)42(9)23-39-28(7)29(8)41-33(11-2)32-21-30(36)17-16-25(32)4/h10,13-18,20,23,25-26,30,32-33,40-41H,3,6-8,11-12,19,21-22H2,1-2,4-5,9H3/b13-10+,18-15-,31-14+,34-20+,39-23-. The van der Waals surface area contributed by atoms with Crippen molar-refractivity contribution in [2.45, 2.75) is 77.1 Å². The summed E-state index contributed by atoms with van der Waals surface area (Å²) in [4.78, 5) is 6.54. The van der Waals surface area contributed by atoms with Crippen LogP contribution < -0.4 is 10.6 Å². The molecular weight excluding hydrogens is 550 g/mol. The van der Waals surface area contributed by atoms with E-state index in [0.29, 0.717) is 40.2 Å². The zero-order chi connectivity index (χ0) is 31.4. The molecule has 0 aliphatic heterocycles. The van der Waals surface area contributed by atoms with Crippen LogP contribution in [-0.4, -0.2) is 35.6 Å². The highest BCUT2D eigenvalue weighted by atomic mass is 35.5. The molecular formula is C35H49ClF2N4. The van der Waals surface area contributed by atoms with Crippen LogP contribution in [0.1, 0.15) is 59.8 Å². The summed E-state index contributed by atoms with van der Waals surface area (Å²) in [6.07, 6.45) is 18.7. The molecule has 0 aromatic carbocycles.